The van der Waals surface area contributed by atoms with Gasteiger partial charge in [0.05, 0.1) is 17.2 Å². The molecule has 0 aromatic carbocycles. The van der Waals surface area contributed by atoms with E-state index < -0.39 is 0 Å². The maximum absolute atomic E-state index is 5.72. The van der Waals surface area contributed by atoms with Crippen molar-refractivity contribution in [2.75, 3.05) is 5.32 Å². The summed E-state index contributed by atoms with van der Waals surface area (Å²) in [5.74, 6) is 1.10. The number of nitrogens with one attached hydrogen (secondary N) is 1. The molecule has 0 aliphatic carbocycles. The van der Waals surface area contributed by atoms with Crippen LogP contribution in [0.15, 0.2) is 67.8 Å². The minimum absolute atomic E-state index is 0.348. The smallest absolute Gasteiger partial charge is 0.138 e. The highest BCUT2D eigenvalue weighted by Gasteiger charge is 2.16. The van der Waals surface area contributed by atoms with Gasteiger partial charge in [-0.2, -0.15) is 5.10 Å². The Bertz CT molecular complexity index is 766. The van der Waals surface area contributed by atoms with Crippen molar-refractivity contribution in [3.8, 4) is 11.3 Å². The van der Waals surface area contributed by atoms with Crippen LogP contribution in [0, 0.1) is 6.92 Å². The Balaban J connectivity index is 2.52. The molecule has 2 aromatic heterocycles. The molecule has 3 N–H and O–H groups in total. The first-order valence-electron chi connectivity index (χ1n) is 7.24. The summed E-state index contributed by atoms with van der Waals surface area (Å²) in [6.45, 7) is 11.7. The molecule has 2 rings (SSSR count). The van der Waals surface area contributed by atoms with Crippen molar-refractivity contribution < 1.29 is 0 Å². The molecule has 0 saturated heterocycles. The van der Waals surface area contributed by atoms with E-state index >= 15 is 0 Å². The van der Waals surface area contributed by atoms with Crippen LogP contribution < -0.4 is 11.1 Å². The number of nitrogens with two attached hydrogens (primary N) is 1. The Morgan fingerprint density at radius 2 is 1.96 bits per heavy atom. The predicted octanol–water partition coefficient (Wildman–Crippen LogP) is 3.70. The summed E-state index contributed by atoms with van der Waals surface area (Å²) in [7, 11) is 0. The van der Waals surface area contributed by atoms with Gasteiger partial charge in [0.25, 0.3) is 0 Å². The Kier molecular flexibility index (Phi) is 5.15. The molecule has 5 nitrogen and oxygen atoms in total. The Morgan fingerprint density at radius 1 is 1.26 bits per heavy atom. The molecule has 23 heavy (non-hydrogen) atoms. The average molecular weight is 307 g/mol. The van der Waals surface area contributed by atoms with E-state index in [1.165, 1.54) is 0 Å². The summed E-state index contributed by atoms with van der Waals surface area (Å²) in [6, 6.07) is 3.83. The predicted molar refractivity (Wildman–Crippen MR) is 96.4 cm³/mol. The Morgan fingerprint density at radius 3 is 2.57 bits per heavy atom. The van der Waals surface area contributed by atoms with Crippen LogP contribution in [0.4, 0.5) is 5.82 Å². The van der Waals surface area contributed by atoms with E-state index in [4.69, 9.17) is 5.73 Å². The van der Waals surface area contributed by atoms with Crippen molar-refractivity contribution in [1.82, 2.24) is 14.8 Å². The quantitative estimate of drug-likeness (QED) is 0.798. The number of rotatable bonds is 6. The maximum Gasteiger partial charge on any atom is 0.138 e. The fourth-order valence-corrected chi connectivity index (χ4v) is 2.13. The van der Waals surface area contributed by atoms with Crippen molar-refractivity contribution >= 4 is 11.5 Å². The first kappa shape index (κ1) is 16.3. The summed E-state index contributed by atoms with van der Waals surface area (Å²) in [6.07, 6.45) is 11.1. The number of nitrogens with zero attached hydrogens (tertiary/aromatic N) is 3. The van der Waals surface area contributed by atoms with Crippen LogP contribution in [0.25, 0.3) is 17.0 Å². The molecule has 0 aliphatic rings. The summed E-state index contributed by atoms with van der Waals surface area (Å²) in [5.41, 5.74) is 9.22. The number of aromatic nitrogens is 3. The van der Waals surface area contributed by atoms with Gasteiger partial charge in [-0.15, -0.1) is 0 Å². The van der Waals surface area contributed by atoms with E-state index in [9.17, 15) is 0 Å². The van der Waals surface area contributed by atoms with Crippen molar-refractivity contribution in [2.45, 2.75) is 13.8 Å². The average Bonchev–Trinajstić information content (AvgIpc) is 2.85. The standard InChI is InChI=1S/C18H21N5/c1-5-6-7-8-13(2)23-18(21-15(4)19)14(3)17(22-23)16-9-11-20-12-10-16/h5-12,21H,2,4,19H2,1,3H3/b6-5-,8-7-. The molecule has 0 aliphatic heterocycles. The van der Waals surface area contributed by atoms with Crippen LogP contribution in [0.3, 0.4) is 0 Å². The van der Waals surface area contributed by atoms with Gasteiger partial charge < -0.3 is 11.1 Å². The lowest BCUT2D eigenvalue weighted by molar-refractivity contribution is 0.918. The second kappa shape index (κ2) is 7.26. The van der Waals surface area contributed by atoms with Crippen molar-refractivity contribution in [2.24, 2.45) is 5.73 Å². The molecular formula is C18H21N5. The van der Waals surface area contributed by atoms with E-state index in [0.717, 1.165) is 28.3 Å². The lowest BCUT2D eigenvalue weighted by atomic mass is 10.1. The molecule has 5 heteroatoms. The number of hydrogen-bond acceptors (Lipinski definition) is 4. The molecule has 0 radical (unpaired) electrons. The zero-order valence-electron chi connectivity index (χ0n) is 13.5. The van der Waals surface area contributed by atoms with Gasteiger partial charge in [-0.05, 0) is 32.1 Å². The van der Waals surface area contributed by atoms with Crippen LogP contribution in [0.1, 0.15) is 12.5 Å². The summed E-state index contributed by atoms with van der Waals surface area (Å²) < 4.78 is 1.73. The molecule has 0 fully saturated rings. The number of hydrogen-bond donors (Lipinski definition) is 2. The Labute approximate surface area is 136 Å². The fraction of sp³-hybridized carbons (Fsp3) is 0.111. The third-order valence-corrected chi connectivity index (χ3v) is 3.22. The second-order valence-electron chi connectivity index (χ2n) is 5.00. The molecule has 0 saturated carbocycles. The largest absolute Gasteiger partial charge is 0.386 e. The van der Waals surface area contributed by atoms with E-state index in [-0.39, 0.29) is 0 Å². The molecule has 0 spiro atoms. The van der Waals surface area contributed by atoms with Gasteiger partial charge in [0.1, 0.15) is 5.82 Å². The van der Waals surface area contributed by atoms with Crippen LogP contribution in [-0.2, 0) is 0 Å². The lowest BCUT2D eigenvalue weighted by Gasteiger charge is -2.10. The minimum atomic E-state index is 0.348. The fourth-order valence-electron chi connectivity index (χ4n) is 2.13. The van der Waals surface area contributed by atoms with Crippen LogP contribution in [0.5, 0.6) is 0 Å². The van der Waals surface area contributed by atoms with Crippen LogP contribution >= 0.6 is 0 Å². The molecular weight excluding hydrogens is 286 g/mol. The van der Waals surface area contributed by atoms with Gasteiger partial charge >= 0.3 is 0 Å². The van der Waals surface area contributed by atoms with Gasteiger partial charge in [-0.3, -0.25) is 4.98 Å². The third kappa shape index (κ3) is 3.77. The lowest BCUT2D eigenvalue weighted by Crippen LogP contribution is -2.11. The Hall–Kier alpha value is -3.08. The first-order chi connectivity index (χ1) is 11.0. The second-order valence-corrected chi connectivity index (χ2v) is 5.00. The van der Waals surface area contributed by atoms with Crippen molar-refractivity contribution in [3.05, 3.63) is 73.4 Å². The van der Waals surface area contributed by atoms with Gasteiger partial charge in [-0.1, -0.05) is 31.4 Å². The topological polar surface area (TPSA) is 68.8 Å². The van der Waals surface area contributed by atoms with Crippen LogP contribution in [0.2, 0.25) is 0 Å². The molecule has 2 aromatic rings. The van der Waals surface area contributed by atoms with E-state index in [2.05, 4.69) is 28.6 Å². The molecule has 0 amide bonds. The van der Waals surface area contributed by atoms with Gasteiger partial charge in [0.15, 0.2) is 0 Å². The first-order valence-corrected chi connectivity index (χ1v) is 7.24. The number of anilines is 1. The highest BCUT2D eigenvalue weighted by Crippen LogP contribution is 2.30. The third-order valence-electron chi connectivity index (χ3n) is 3.22. The monoisotopic (exact) mass is 307 g/mol. The van der Waals surface area contributed by atoms with Gasteiger partial charge in [0, 0.05) is 23.5 Å². The summed E-state index contributed by atoms with van der Waals surface area (Å²) in [5, 5.41) is 7.73. The van der Waals surface area contributed by atoms with E-state index in [1.54, 1.807) is 17.1 Å². The molecule has 0 bridgehead atoms. The summed E-state index contributed by atoms with van der Waals surface area (Å²) in [4.78, 5) is 4.04. The maximum atomic E-state index is 5.72. The molecule has 2 heterocycles. The molecule has 0 unspecified atom stereocenters. The highest BCUT2D eigenvalue weighted by atomic mass is 15.3. The summed E-state index contributed by atoms with van der Waals surface area (Å²) >= 11 is 0. The highest BCUT2D eigenvalue weighted by molar-refractivity contribution is 5.73. The van der Waals surface area contributed by atoms with E-state index in [0.29, 0.717) is 5.82 Å². The zero-order valence-corrected chi connectivity index (χ0v) is 13.5. The van der Waals surface area contributed by atoms with Crippen molar-refractivity contribution in [1.29, 1.82) is 0 Å². The zero-order chi connectivity index (χ0) is 16.8. The minimum Gasteiger partial charge on any atom is -0.386 e. The number of allylic oxidation sites excluding steroid dienone is 5. The SMILES string of the molecule is C=C(N)Nc1c(C)c(-c2ccncc2)nn1C(=C)/C=C\C=C/C. The van der Waals surface area contributed by atoms with Gasteiger partial charge in [-0.25, -0.2) is 4.68 Å². The van der Waals surface area contributed by atoms with Crippen LogP contribution in [-0.4, -0.2) is 14.8 Å². The van der Waals surface area contributed by atoms with Gasteiger partial charge in [0.2, 0.25) is 0 Å². The van der Waals surface area contributed by atoms with E-state index in [1.807, 2.05) is 50.3 Å². The molecule has 118 valence electrons. The van der Waals surface area contributed by atoms with Crippen molar-refractivity contribution in [3.63, 3.8) is 0 Å². The molecule has 0 atom stereocenters. The number of pyridine rings is 1. The normalized spacial score (nSPS) is 11.2.